The molecule has 1 aromatic heterocycles. The number of carbonyl (C=O) groups excluding carboxylic acids is 1. The molecular formula is C38H63N9O. The molecule has 266 valence electrons. The molecule has 10 heteroatoms. The van der Waals surface area contributed by atoms with Crippen molar-refractivity contribution in [2.45, 2.75) is 86.6 Å². The van der Waals surface area contributed by atoms with E-state index in [1.54, 1.807) is 0 Å². The van der Waals surface area contributed by atoms with Crippen molar-refractivity contribution in [3.63, 3.8) is 0 Å². The van der Waals surface area contributed by atoms with Crippen LogP contribution in [0.1, 0.15) is 83.5 Å². The van der Waals surface area contributed by atoms with Crippen molar-refractivity contribution < 1.29 is 4.79 Å². The largest absolute Gasteiger partial charge is 0.382 e. The molecule has 10 nitrogen and oxygen atoms in total. The summed E-state index contributed by atoms with van der Waals surface area (Å²) in [5.41, 5.74) is 11.8. The predicted molar refractivity (Wildman–Crippen MR) is 204 cm³/mol. The minimum absolute atomic E-state index is 0.0829. The molecule has 3 N–H and O–H groups in total. The third kappa shape index (κ3) is 15.6. The quantitative estimate of drug-likeness (QED) is 0.188. The Bertz CT molecular complexity index is 1270. The Morgan fingerprint density at radius 2 is 1.65 bits per heavy atom. The van der Waals surface area contributed by atoms with E-state index in [-0.39, 0.29) is 6.03 Å². The second-order valence-corrected chi connectivity index (χ2v) is 11.8. The number of amidine groups is 1. The molecule has 0 bridgehead atoms. The van der Waals surface area contributed by atoms with Gasteiger partial charge in [-0.15, -0.1) is 19.7 Å². The highest BCUT2D eigenvalue weighted by Gasteiger charge is 2.21. The van der Waals surface area contributed by atoms with Gasteiger partial charge in [0, 0.05) is 45.5 Å². The Hall–Kier alpha value is -4.18. The van der Waals surface area contributed by atoms with E-state index >= 15 is 0 Å². The lowest BCUT2D eigenvalue weighted by Crippen LogP contribution is -2.52. The van der Waals surface area contributed by atoms with Gasteiger partial charge in [-0.1, -0.05) is 63.6 Å². The molecular weight excluding hydrogens is 598 g/mol. The van der Waals surface area contributed by atoms with Gasteiger partial charge in [0.2, 0.25) is 0 Å². The standard InChI is InChI=1S/C19H35N7O.C13H16N2.C4H8.C2H4/c1-4-5-8-21-19(27)25-13-11-24(12-14-25)9-6-7-10-26-17(16(2)3)18(20)22-15-23-26;1-3-13-11(2)9-15(14-13)10-12-7-5-4-6-8-12;1-3-4-2;1-2/h15H,4-14H2,1-3H3,(H,21,27)(H2,20,22,23);4-9H,3,10H2,1-2H3;3H,1,4H2,2H3;1-2H2. The highest BCUT2D eigenvalue weighted by atomic mass is 16.2. The van der Waals surface area contributed by atoms with Crippen LogP contribution in [0.25, 0.3) is 0 Å². The van der Waals surface area contributed by atoms with E-state index in [9.17, 15) is 4.79 Å². The van der Waals surface area contributed by atoms with Crippen LogP contribution in [0.3, 0.4) is 0 Å². The summed E-state index contributed by atoms with van der Waals surface area (Å²) in [5.74, 6) is 0.540. The first-order valence-corrected chi connectivity index (χ1v) is 17.5. The molecule has 0 atom stereocenters. The Labute approximate surface area is 291 Å². The molecule has 2 amide bonds. The summed E-state index contributed by atoms with van der Waals surface area (Å²) < 4.78 is 2.02. The zero-order chi connectivity index (χ0) is 35.7. The van der Waals surface area contributed by atoms with Gasteiger partial charge in [-0.05, 0) is 76.1 Å². The number of hydrogen-bond donors (Lipinski definition) is 2. The molecule has 0 unspecified atom stereocenters. The summed E-state index contributed by atoms with van der Waals surface area (Å²) >= 11 is 0. The second-order valence-electron chi connectivity index (χ2n) is 11.8. The Morgan fingerprint density at radius 1 is 1.00 bits per heavy atom. The van der Waals surface area contributed by atoms with Crippen molar-refractivity contribution >= 4 is 18.2 Å². The summed E-state index contributed by atoms with van der Waals surface area (Å²) in [5, 5.41) is 13.8. The molecule has 4 rings (SSSR count). The zero-order valence-corrected chi connectivity index (χ0v) is 30.8. The number of unbranched alkanes of at least 4 members (excludes halogenated alkanes) is 2. The van der Waals surface area contributed by atoms with E-state index in [4.69, 9.17) is 5.73 Å². The molecule has 1 aromatic carbocycles. The zero-order valence-electron chi connectivity index (χ0n) is 30.8. The number of nitrogens with two attached hydrogens (primary N) is 1. The number of piperazine rings is 1. The molecule has 1 fully saturated rings. The number of urea groups is 1. The van der Waals surface area contributed by atoms with Crippen molar-refractivity contribution in [2.75, 3.05) is 45.8 Å². The lowest BCUT2D eigenvalue weighted by atomic mass is 10.2. The van der Waals surface area contributed by atoms with Crippen LogP contribution in [0.2, 0.25) is 0 Å². The Morgan fingerprint density at radius 3 is 2.21 bits per heavy atom. The van der Waals surface area contributed by atoms with Gasteiger partial charge in [0.25, 0.3) is 0 Å². The number of aliphatic imine (C=N–C) groups is 1. The maximum absolute atomic E-state index is 12.1. The monoisotopic (exact) mass is 662 g/mol. The van der Waals surface area contributed by atoms with Gasteiger partial charge in [0.1, 0.15) is 12.0 Å². The van der Waals surface area contributed by atoms with Gasteiger partial charge in [-0.25, -0.2) is 9.79 Å². The number of allylic oxidation sites excluding steroid dienone is 2. The van der Waals surface area contributed by atoms with Gasteiger partial charge in [0.05, 0.1) is 12.2 Å². The van der Waals surface area contributed by atoms with Crippen LogP contribution in [0.15, 0.2) is 83.7 Å². The lowest BCUT2D eigenvalue weighted by Gasteiger charge is -2.34. The van der Waals surface area contributed by atoms with Gasteiger partial charge < -0.3 is 16.0 Å². The third-order valence-electron chi connectivity index (χ3n) is 7.78. The van der Waals surface area contributed by atoms with E-state index in [0.29, 0.717) is 5.84 Å². The van der Waals surface area contributed by atoms with Gasteiger partial charge in [-0.2, -0.15) is 10.2 Å². The van der Waals surface area contributed by atoms with Crippen LogP contribution < -0.4 is 11.1 Å². The molecule has 3 heterocycles. The van der Waals surface area contributed by atoms with Crippen LogP contribution >= 0.6 is 0 Å². The third-order valence-corrected chi connectivity index (χ3v) is 7.78. The van der Waals surface area contributed by atoms with E-state index in [1.165, 1.54) is 23.2 Å². The number of nitrogens with zero attached hydrogens (tertiary/aromatic N) is 7. The molecule has 0 spiro atoms. The van der Waals surface area contributed by atoms with Gasteiger partial charge in [0.15, 0.2) is 5.84 Å². The van der Waals surface area contributed by atoms with Crippen LogP contribution in [-0.4, -0.2) is 88.6 Å². The number of amides is 2. The first kappa shape index (κ1) is 41.8. The second kappa shape index (κ2) is 24.9. The molecule has 2 aliphatic heterocycles. The van der Waals surface area contributed by atoms with Crippen LogP contribution in [-0.2, 0) is 13.0 Å². The smallest absolute Gasteiger partial charge is 0.317 e. The van der Waals surface area contributed by atoms with Crippen LogP contribution in [0.4, 0.5) is 4.79 Å². The number of hydrazone groups is 1. The lowest BCUT2D eigenvalue weighted by molar-refractivity contribution is 0.137. The number of aryl methyl sites for hydroxylation is 2. The highest BCUT2D eigenvalue weighted by molar-refractivity contribution is 6.02. The summed E-state index contributed by atoms with van der Waals surface area (Å²) in [6.45, 7) is 29.0. The molecule has 0 saturated carbocycles. The number of aromatic nitrogens is 2. The number of hydrogen-bond acceptors (Lipinski definition) is 7. The number of benzene rings is 1. The van der Waals surface area contributed by atoms with E-state index in [2.05, 4.69) is 103 Å². The molecule has 2 aliphatic rings. The van der Waals surface area contributed by atoms with E-state index in [1.807, 2.05) is 40.6 Å². The van der Waals surface area contributed by atoms with Crippen LogP contribution in [0.5, 0.6) is 0 Å². The number of carbonyl (C=O) groups is 1. The average Bonchev–Trinajstić information content (AvgIpc) is 3.47. The fraction of sp³-hybridized carbons (Fsp3) is 0.526. The molecule has 2 aromatic rings. The minimum atomic E-state index is 0.0829. The van der Waals surface area contributed by atoms with Crippen molar-refractivity contribution in [2.24, 2.45) is 15.8 Å². The SMILES string of the molecule is C=C.C=CCC.CCCCNC(=O)N1CCN(CCCCN2N=CN=C(N)C2=C(C)C)CC1.CCc1nn(Cc2ccccc2)cc1C. The summed E-state index contributed by atoms with van der Waals surface area (Å²) in [6.07, 6.45) is 11.9. The van der Waals surface area contributed by atoms with Crippen LogP contribution in [0, 0.1) is 6.92 Å². The highest BCUT2D eigenvalue weighted by Crippen LogP contribution is 2.15. The molecule has 0 radical (unpaired) electrons. The fourth-order valence-corrected chi connectivity index (χ4v) is 5.10. The maximum Gasteiger partial charge on any atom is 0.317 e. The number of rotatable bonds is 12. The van der Waals surface area contributed by atoms with Crippen molar-refractivity contribution in [1.29, 1.82) is 0 Å². The normalized spacial score (nSPS) is 14.0. The average molecular weight is 662 g/mol. The Balaban J connectivity index is 0.000000458. The summed E-state index contributed by atoms with van der Waals surface area (Å²) in [4.78, 5) is 20.5. The Kier molecular flexibility index (Phi) is 21.7. The van der Waals surface area contributed by atoms with Gasteiger partial charge in [-0.3, -0.25) is 14.6 Å². The fourth-order valence-electron chi connectivity index (χ4n) is 5.10. The summed E-state index contributed by atoms with van der Waals surface area (Å²) in [6, 6.07) is 10.5. The molecule has 0 aliphatic carbocycles. The number of nitrogens with one attached hydrogen (secondary N) is 1. The molecule has 48 heavy (non-hydrogen) atoms. The van der Waals surface area contributed by atoms with E-state index in [0.717, 1.165) is 102 Å². The van der Waals surface area contributed by atoms with Gasteiger partial charge >= 0.3 is 6.03 Å². The first-order valence-electron chi connectivity index (χ1n) is 17.5. The van der Waals surface area contributed by atoms with E-state index < -0.39 is 0 Å². The predicted octanol–water partition coefficient (Wildman–Crippen LogP) is 6.99. The summed E-state index contributed by atoms with van der Waals surface area (Å²) in [7, 11) is 0. The van der Waals surface area contributed by atoms with Crippen molar-refractivity contribution in [3.05, 3.63) is 90.4 Å². The minimum Gasteiger partial charge on any atom is -0.382 e. The topological polar surface area (TPSA) is 107 Å². The van der Waals surface area contributed by atoms with Crippen molar-refractivity contribution in [1.82, 2.24) is 29.9 Å². The first-order chi connectivity index (χ1) is 23.2. The van der Waals surface area contributed by atoms with Crippen molar-refractivity contribution in [3.8, 4) is 0 Å². The molecule has 1 saturated heterocycles. The maximum atomic E-state index is 12.1.